The fraction of sp³-hybridized carbons (Fsp3) is 0.100. The van der Waals surface area contributed by atoms with E-state index >= 15 is 0 Å². The van der Waals surface area contributed by atoms with Crippen molar-refractivity contribution >= 4 is 38.3 Å². The van der Waals surface area contributed by atoms with E-state index in [4.69, 9.17) is 9.47 Å². The predicted octanol–water partition coefficient (Wildman–Crippen LogP) is 1.54. The molecule has 9 nitrogen and oxygen atoms in total. The van der Waals surface area contributed by atoms with Crippen LogP contribution in [0, 0.1) is 0 Å². The Labute approximate surface area is 171 Å². The van der Waals surface area contributed by atoms with Crippen LogP contribution >= 0.6 is 0 Å². The Bertz CT molecular complexity index is 1320. The highest BCUT2D eigenvalue weighted by Gasteiger charge is 2.36. The van der Waals surface area contributed by atoms with Crippen molar-refractivity contribution in [2.45, 2.75) is 4.90 Å². The summed E-state index contributed by atoms with van der Waals surface area (Å²) in [5, 5.41) is 1.35. The maximum Gasteiger partial charge on any atom is 0.269 e. The summed E-state index contributed by atoms with van der Waals surface area (Å²) in [6.45, 7) is -0.395. The second kappa shape index (κ2) is 6.63. The van der Waals surface area contributed by atoms with Gasteiger partial charge in [0.15, 0.2) is 11.5 Å². The zero-order valence-corrected chi connectivity index (χ0v) is 16.2. The quantitative estimate of drug-likeness (QED) is 0.616. The third-order valence-corrected chi connectivity index (χ3v) is 6.72. The number of anilines is 1. The first-order valence-corrected chi connectivity index (χ1v) is 10.4. The Morgan fingerprint density at radius 3 is 2.57 bits per heavy atom. The van der Waals surface area contributed by atoms with Crippen LogP contribution in [0.15, 0.2) is 59.5 Å². The minimum absolute atomic E-state index is 0.0800. The number of hydrazine groups is 1. The Morgan fingerprint density at radius 2 is 1.73 bits per heavy atom. The van der Waals surface area contributed by atoms with Crippen molar-refractivity contribution < 1.29 is 27.5 Å². The van der Waals surface area contributed by atoms with Crippen molar-refractivity contribution in [2.75, 3.05) is 17.6 Å². The van der Waals surface area contributed by atoms with Gasteiger partial charge in [0, 0.05) is 10.9 Å². The average Bonchev–Trinajstić information content (AvgIpc) is 3.30. The standard InChI is InChI=1S/C20H15N3O6S/c24-18(21-22-20(25)13-7-8-15-16(9-13)29-11-28-15)10-23-14-5-1-3-12-4-2-6-17(19(12)14)30(23,26)27/h1-9H,10-11H2,(H,21,24)(H,22,25). The number of amides is 2. The molecule has 0 aliphatic carbocycles. The number of benzene rings is 3. The molecule has 0 radical (unpaired) electrons. The summed E-state index contributed by atoms with van der Waals surface area (Å²) in [5.41, 5.74) is 5.22. The normalized spacial score (nSPS) is 15.3. The van der Waals surface area contributed by atoms with Gasteiger partial charge in [-0.05, 0) is 35.7 Å². The summed E-state index contributed by atoms with van der Waals surface area (Å²) < 4.78 is 37.2. The van der Waals surface area contributed by atoms with Crippen molar-refractivity contribution in [1.29, 1.82) is 0 Å². The largest absolute Gasteiger partial charge is 0.454 e. The SMILES string of the molecule is O=C(CN1c2cccc3cccc(c23)S1(=O)=O)NNC(=O)c1ccc2c(c1)OCO2. The highest BCUT2D eigenvalue weighted by atomic mass is 32.2. The molecule has 2 aliphatic rings. The fourth-order valence-electron chi connectivity index (χ4n) is 3.53. The van der Waals surface area contributed by atoms with Gasteiger partial charge in [-0.25, -0.2) is 8.42 Å². The van der Waals surface area contributed by atoms with Gasteiger partial charge in [0.05, 0.1) is 10.6 Å². The van der Waals surface area contributed by atoms with Gasteiger partial charge in [0.2, 0.25) is 6.79 Å². The number of hydrogen-bond donors (Lipinski definition) is 2. The maximum absolute atomic E-state index is 12.9. The van der Waals surface area contributed by atoms with Gasteiger partial charge in [-0.1, -0.05) is 24.3 Å². The molecule has 0 atom stereocenters. The molecule has 0 fully saturated rings. The summed E-state index contributed by atoms with van der Waals surface area (Å²) >= 11 is 0. The monoisotopic (exact) mass is 425 g/mol. The van der Waals surface area contributed by atoms with Crippen molar-refractivity contribution in [3.05, 3.63) is 60.2 Å². The molecule has 2 heterocycles. The van der Waals surface area contributed by atoms with Gasteiger partial charge in [0.1, 0.15) is 6.54 Å². The highest BCUT2D eigenvalue weighted by Crippen LogP contribution is 2.41. The summed E-state index contributed by atoms with van der Waals surface area (Å²) in [6.07, 6.45) is 0. The lowest BCUT2D eigenvalue weighted by molar-refractivity contribution is -0.120. The molecule has 0 unspecified atom stereocenters. The molecule has 2 aliphatic heterocycles. The van der Waals surface area contributed by atoms with E-state index in [0.29, 0.717) is 22.6 Å². The van der Waals surface area contributed by atoms with E-state index in [9.17, 15) is 18.0 Å². The van der Waals surface area contributed by atoms with Crippen molar-refractivity contribution in [3.63, 3.8) is 0 Å². The summed E-state index contributed by atoms with van der Waals surface area (Å²) in [6, 6.07) is 14.8. The van der Waals surface area contributed by atoms with Gasteiger partial charge in [0.25, 0.3) is 21.8 Å². The lowest BCUT2D eigenvalue weighted by Crippen LogP contribution is -2.47. The van der Waals surface area contributed by atoms with Crippen LogP contribution in [-0.2, 0) is 14.8 Å². The van der Waals surface area contributed by atoms with Crippen LogP contribution in [0.4, 0.5) is 5.69 Å². The fourth-order valence-corrected chi connectivity index (χ4v) is 5.20. The number of nitrogens with one attached hydrogen (secondary N) is 2. The van der Waals surface area contributed by atoms with Gasteiger partial charge < -0.3 is 9.47 Å². The van der Waals surface area contributed by atoms with Crippen LogP contribution < -0.4 is 24.6 Å². The minimum atomic E-state index is -3.86. The van der Waals surface area contributed by atoms with Crippen LogP contribution in [0.25, 0.3) is 10.8 Å². The molecule has 0 saturated heterocycles. The number of carbonyl (C=O) groups is 2. The van der Waals surface area contributed by atoms with Gasteiger partial charge >= 0.3 is 0 Å². The van der Waals surface area contributed by atoms with E-state index in [0.717, 1.165) is 9.69 Å². The van der Waals surface area contributed by atoms with Crippen LogP contribution in [0.3, 0.4) is 0 Å². The van der Waals surface area contributed by atoms with Crippen LogP contribution in [0.5, 0.6) is 11.5 Å². The molecule has 30 heavy (non-hydrogen) atoms. The Balaban J connectivity index is 1.30. The summed E-state index contributed by atoms with van der Waals surface area (Å²) in [5.74, 6) is -0.291. The molecule has 152 valence electrons. The molecule has 5 rings (SSSR count). The number of carbonyl (C=O) groups excluding carboxylic acids is 2. The first kappa shape index (κ1) is 18.3. The average molecular weight is 425 g/mol. The molecule has 0 aromatic heterocycles. The molecular weight excluding hydrogens is 410 g/mol. The zero-order valence-electron chi connectivity index (χ0n) is 15.4. The maximum atomic E-state index is 12.9. The van der Waals surface area contributed by atoms with Crippen molar-refractivity contribution in [1.82, 2.24) is 10.9 Å². The minimum Gasteiger partial charge on any atom is -0.454 e. The lowest BCUT2D eigenvalue weighted by atomic mass is 10.1. The van der Waals surface area contributed by atoms with Crippen molar-refractivity contribution in [2.24, 2.45) is 0 Å². The van der Waals surface area contributed by atoms with E-state index in [1.807, 2.05) is 12.1 Å². The van der Waals surface area contributed by atoms with Gasteiger partial charge in [-0.2, -0.15) is 0 Å². The van der Waals surface area contributed by atoms with E-state index in [2.05, 4.69) is 10.9 Å². The Kier molecular flexibility index (Phi) is 4.03. The van der Waals surface area contributed by atoms with Gasteiger partial charge in [-0.3, -0.25) is 24.7 Å². The third kappa shape index (κ3) is 2.80. The lowest BCUT2D eigenvalue weighted by Gasteiger charge is -2.18. The second-order valence-corrected chi connectivity index (χ2v) is 8.54. The van der Waals surface area contributed by atoms with E-state index in [-0.39, 0.29) is 17.3 Å². The van der Waals surface area contributed by atoms with E-state index < -0.39 is 28.4 Å². The predicted molar refractivity (Wildman–Crippen MR) is 107 cm³/mol. The second-order valence-electron chi connectivity index (χ2n) is 6.71. The van der Waals surface area contributed by atoms with Crippen LogP contribution in [-0.4, -0.2) is 33.6 Å². The molecule has 3 aromatic rings. The Hall–Kier alpha value is -3.79. The smallest absolute Gasteiger partial charge is 0.269 e. The molecule has 2 N–H and O–H groups in total. The topological polar surface area (TPSA) is 114 Å². The van der Waals surface area contributed by atoms with Crippen molar-refractivity contribution in [3.8, 4) is 11.5 Å². The van der Waals surface area contributed by atoms with Gasteiger partial charge in [-0.15, -0.1) is 0 Å². The molecule has 10 heteroatoms. The zero-order chi connectivity index (χ0) is 20.9. The number of sulfonamides is 1. The highest BCUT2D eigenvalue weighted by molar-refractivity contribution is 7.93. The molecule has 3 aromatic carbocycles. The molecule has 0 saturated carbocycles. The number of rotatable bonds is 3. The first-order chi connectivity index (χ1) is 14.4. The molecule has 2 amide bonds. The van der Waals surface area contributed by atoms with E-state index in [1.165, 1.54) is 18.2 Å². The number of fused-ring (bicyclic) bond motifs is 1. The summed E-state index contributed by atoms with van der Waals surface area (Å²) in [4.78, 5) is 24.9. The van der Waals surface area contributed by atoms with Crippen LogP contribution in [0.2, 0.25) is 0 Å². The van der Waals surface area contributed by atoms with E-state index in [1.54, 1.807) is 24.3 Å². The first-order valence-electron chi connectivity index (χ1n) is 8.98. The molecule has 0 spiro atoms. The van der Waals surface area contributed by atoms with Crippen LogP contribution in [0.1, 0.15) is 10.4 Å². The number of hydrogen-bond acceptors (Lipinski definition) is 6. The third-order valence-electron chi connectivity index (χ3n) is 4.92. The Morgan fingerprint density at radius 1 is 0.967 bits per heavy atom. The summed E-state index contributed by atoms with van der Waals surface area (Å²) in [7, 11) is -3.86. The number of ether oxygens (including phenoxy) is 2. The molecule has 0 bridgehead atoms. The number of nitrogens with zero attached hydrogens (tertiary/aromatic N) is 1. The molecular formula is C20H15N3O6S.